The molecule has 2 aromatic heterocycles. The van der Waals surface area contributed by atoms with Crippen LogP contribution in [0.15, 0.2) is 22.9 Å². The Morgan fingerprint density at radius 3 is 3.05 bits per heavy atom. The number of hydrogen-bond acceptors (Lipinski definition) is 7. The maximum Gasteiger partial charge on any atom is 0.280 e. The van der Waals surface area contributed by atoms with Crippen LogP contribution >= 0.6 is 23.5 Å². The van der Waals surface area contributed by atoms with E-state index < -0.39 is 0 Å². The SMILES string of the molecule is CCC1SCCSC1c1noc(-c2ncccc2O)n1. The number of hydrogen-bond donors (Lipinski definition) is 1. The third-order valence-electron chi connectivity index (χ3n) is 3.14. The molecule has 2 unspecified atom stereocenters. The summed E-state index contributed by atoms with van der Waals surface area (Å²) in [5.41, 5.74) is 0.341. The summed E-state index contributed by atoms with van der Waals surface area (Å²) in [6.45, 7) is 2.18. The molecule has 0 spiro atoms. The molecule has 0 aliphatic carbocycles. The van der Waals surface area contributed by atoms with Crippen molar-refractivity contribution in [2.45, 2.75) is 23.8 Å². The minimum atomic E-state index is 0.0559. The van der Waals surface area contributed by atoms with Crippen molar-refractivity contribution in [1.82, 2.24) is 15.1 Å². The first-order chi connectivity index (χ1) is 9.79. The fourth-order valence-electron chi connectivity index (χ4n) is 2.15. The number of pyridine rings is 1. The predicted molar refractivity (Wildman–Crippen MR) is 80.9 cm³/mol. The first-order valence-corrected chi connectivity index (χ1v) is 8.60. The number of rotatable bonds is 3. The summed E-state index contributed by atoms with van der Waals surface area (Å²) in [4.78, 5) is 8.52. The van der Waals surface area contributed by atoms with E-state index in [0.29, 0.717) is 16.8 Å². The molecule has 0 bridgehead atoms. The second-order valence-electron chi connectivity index (χ2n) is 4.44. The van der Waals surface area contributed by atoms with Crippen molar-refractivity contribution < 1.29 is 9.63 Å². The van der Waals surface area contributed by atoms with Gasteiger partial charge in [-0.2, -0.15) is 16.7 Å². The summed E-state index contributed by atoms with van der Waals surface area (Å²) >= 11 is 3.84. The molecule has 0 aromatic carbocycles. The van der Waals surface area contributed by atoms with E-state index in [1.54, 1.807) is 18.3 Å². The number of nitrogens with zero attached hydrogens (tertiary/aromatic N) is 3. The maximum atomic E-state index is 9.78. The molecule has 1 saturated heterocycles. The molecular weight excluding hydrogens is 294 g/mol. The third kappa shape index (κ3) is 2.64. The van der Waals surface area contributed by atoms with Crippen LogP contribution in [0.2, 0.25) is 0 Å². The highest BCUT2D eigenvalue weighted by Crippen LogP contribution is 2.43. The van der Waals surface area contributed by atoms with Crippen LogP contribution in [0.3, 0.4) is 0 Å². The standard InChI is InChI=1S/C13H15N3O2S2/c1-2-9-11(20-7-6-19-9)12-15-13(18-16-12)10-8(17)4-3-5-14-10/h3-5,9,11,17H,2,6-7H2,1H3. The minimum absolute atomic E-state index is 0.0559. The van der Waals surface area contributed by atoms with E-state index in [4.69, 9.17) is 4.52 Å². The van der Waals surface area contributed by atoms with E-state index in [-0.39, 0.29) is 16.9 Å². The second kappa shape index (κ2) is 6.05. The molecular formula is C13H15N3O2S2. The van der Waals surface area contributed by atoms with E-state index >= 15 is 0 Å². The Morgan fingerprint density at radius 1 is 1.40 bits per heavy atom. The van der Waals surface area contributed by atoms with Gasteiger partial charge < -0.3 is 9.63 Å². The van der Waals surface area contributed by atoms with Crippen molar-refractivity contribution >= 4 is 23.5 Å². The molecule has 0 radical (unpaired) electrons. The zero-order valence-electron chi connectivity index (χ0n) is 11.0. The van der Waals surface area contributed by atoms with Crippen molar-refractivity contribution in [2.24, 2.45) is 0 Å². The Balaban J connectivity index is 1.88. The van der Waals surface area contributed by atoms with Gasteiger partial charge >= 0.3 is 0 Å². The quantitative estimate of drug-likeness (QED) is 0.933. The monoisotopic (exact) mass is 309 g/mol. The van der Waals surface area contributed by atoms with Crippen LogP contribution in [-0.2, 0) is 0 Å². The van der Waals surface area contributed by atoms with Gasteiger partial charge in [-0.3, -0.25) is 0 Å². The Morgan fingerprint density at radius 2 is 2.25 bits per heavy atom. The summed E-state index contributed by atoms with van der Waals surface area (Å²) < 4.78 is 5.27. The molecule has 0 amide bonds. The molecule has 1 fully saturated rings. The van der Waals surface area contributed by atoms with Gasteiger partial charge in [0, 0.05) is 23.0 Å². The largest absolute Gasteiger partial charge is 0.505 e. The first-order valence-electron chi connectivity index (χ1n) is 6.50. The summed E-state index contributed by atoms with van der Waals surface area (Å²) in [6.07, 6.45) is 2.68. The summed E-state index contributed by atoms with van der Waals surface area (Å²) in [5.74, 6) is 3.31. The molecule has 5 nitrogen and oxygen atoms in total. The van der Waals surface area contributed by atoms with Gasteiger partial charge in [-0.15, -0.1) is 11.8 Å². The summed E-state index contributed by atoms with van der Waals surface area (Å²) in [6, 6.07) is 3.23. The molecule has 2 atom stereocenters. The average molecular weight is 309 g/mol. The van der Waals surface area contributed by atoms with Gasteiger partial charge in [-0.25, -0.2) is 4.98 Å². The summed E-state index contributed by atoms with van der Waals surface area (Å²) in [5, 5.41) is 14.6. The van der Waals surface area contributed by atoms with Crippen molar-refractivity contribution in [3.05, 3.63) is 24.2 Å². The van der Waals surface area contributed by atoms with Crippen LogP contribution in [0.5, 0.6) is 5.75 Å². The van der Waals surface area contributed by atoms with E-state index in [1.807, 2.05) is 23.5 Å². The van der Waals surface area contributed by atoms with Gasteiger partial charge in [-0.1, -0.05) is 12.1 Å². The third-order valence-corrected chi connectivity index (χ3v) is 6.38. The molecule has 1 aliphatic heterocycles. The average Bonchev–Trinajstić information content (AvgIpc) is 2.97. The molecule has 3 rings (SSSR count). The highest BCUT2D eigenvalue weighted by Gasteiger charge is 2.30. The molecule has 106 valence electrons. The van der Waals surface area contributed by atoms with Crippen LogP contribution < -0.4 is 0 Å². The predicted octanol–water partition coefficient (Wildman–Crippen LogP) is 3.14. The topological polar surface area (TPSA) is 72.0 Å². The fourth-order valence-corrected chi connectivity index (χ4v) is 5.13. The lowest BCUT2D eigenvalue weighted by molar-refractivity contribution is 0.414. The zero-order valence-corrected chi connectivity index (χ0v) is 12.7. The van der Waals surface area contributed by atoms with Crippen molar-refractivity contribution in [1.29, 1.82) is 0 Å². The number of aromatic nitrogens is 3. The van der Waals surface area contributed by atoms with Gasteiger partial charge in [0.2, 0.25) is 0 Å². The van der Waals surface area contributed by atoms with Crippen LogP contribution in [0.25, 0.3) is 11.6 Å². The molecule has 1 N–H and O–H groups in total. The lowest BCUT2D eigenvalue weighted by atomic mass is 10.2. The summed E-state index contributed by atoms with van der Waals surface area (Å²) in [7, 11) is 0. The minimum Gasteiger partial charge on any atom is -0.505 e. The van der Waals surface area contributed by atoms with Gasteiger partial charge in [0.1, 0.15) is 5.75 Å². The Bertz CT molecular complexity index is 591. The van der Waals surface area contributed by atoms with Crippen LogP contribution in [0.1, 0.15) is 24.4 Å². The van der Waals surface area contributed by atoms with Gasteiger partial charge in [0.15, 0.2) is 11.5 Å². The number of aromatic hydroxyl groups is 1. The van der Waals surface area contributed by atoms with E-state index in [0.717, 1.165) is 12.2 Å². The zero-order chi connectivity index (χ0) is 13.9. The lowest BCUT2D eigenvalue weighted by Crippen LogP contribution is -2.19. The molecule has 2 aromatic rings. The lowest BCUT2D eigenvalue weighted by Gasteiger charge is -2.27. The smallest absolute Gasteiger partial charge is 0.280 e. The van der Waals surface area contributed by atoms with E-state index in [1.165, 1.54) is 5.75 Å². The van der Waals surface area contributed by atoms with Crippen molar-refractivity contribution in [3.8, 4) is 17.3 Å². The van der Waals surface area contributed by atoms with Gasteiger partial charge in [0.25, 0.3) is 5.89 Å². The Kier molecular flexibility index (Phi) is 4.16. The fraction of sp³-hybridized carbons (Fsp3) is 0.462. The van der Waals surface area contributed by atoms with Crippen molar-refractivity contribution in [2.75, 3.05) is 11.5 Å². The normalized spacial score (nSPS) is 22.9. The van der Waals surface area contributed by atoms with Crippen LogP contribution in [0, 0.1) is 0 Å². The highest BCUT2D eigenvalue weighted by atomic mass is 32.2. The van der Waals surface area contributed by atoms with Gasteiger partial charge in [-0.05, 0) is 18.6 Å². The molecule has 3 heterocycles. The molecule has 0 saturated carbocycles. The van der Waals surface area contributed by atoms with Crippen molar-refractivity contribution in [3.63, 3.8) is 0 Å². The van der Waals surface area contributed by atoms with Gasteiger partial charge in [0.05, 0.1) is 5.25 Å². The second-order valence-corrected chi connectivity index (χ2v) is 7.03. The Hall–Kier alpha value is -1.21. The van der Waals surface area contributed by atoms with Crippen LogP contribution in [-0.4, -0.2) is 37.0 Å². The maximum absolute atomic E-state index is 9.78. The Labute approximate surface area is 125 Å². The molecule has 20 heavy (non-hydrogen) atoms. The first kappa shape index (κ1) is 13.8. The molecule has 7 heteroatoms. The van der Waals surface area contributed by atoms with Crippen LogP contribution in [0.4, 0.5) is 0 Å². The van der Waals surface area contributed by atoms with E-state index in [2.05, 4.69) is 22.0 Å². The molecule has 1 aliphatic rings. The highest BCUT2D eigenvalue weighted by molar-refractivity contribution is 8.06. The van der Waals surface area contributed by atoms with E-state index in [9.17, 15) is 5.11 Å². The number of thioether (sulfide) groups is 2.